The van der Waals surface area contributed by atoms with E-state index in [2.05, 4.69) is 47.2 Å². The molecule has 0 radical (unpaired) electrons. The molecular weight excluding hydrogens is 436 g/mol. The summed E-state index contributed by atoms with van der Waals surface area (Å²) in [5, 5.41) is 4.05. The maximum absolute atomic E-state index is 12.9. The molecule has 1 N–H and O–H groups in total. The Labute approximate surface area is 196 Å². The number of rotatable bonds is 5. The third kappa shape index (κ3) is 4.28. The van der Waals surface area contributed by atoms with E-state index in [0.29, 0.717) is 4.88 Å². The van der Waals surface area contributed by atoms with E-state index < -0.39 is 0 Å². The summed E-state index contributed by atoms with van der Waals surface area (Å²) >= 11 is 3.14. The van der Waals surface area contributed by atoms with Crippen LogP contribution in [0.4, 0.5) is 11.4 Å². The summed E-state index contributed by atoms with van der Waals surface area (Å²) in [7, 11) is 0. The van der Waals surface area contributed by atoms with Gasteiger partial charge in [0, 0.05) is 37.6 Å². The van der Waals surface area contributed by atoms with Crippen molar-refractivity contribution in [3.63, 3.8) is 0 Å². The molecule has 2 aromatic heterocycles. The Kier molecular flexibility index (Phi) is 5.95. The minimum atomic E-state index is -0.0743. The molecule has 1 fully saturated rings. The molecule has 0 spiro atoms. The number of benzene rings is 2. The molecule has 5 rings (SSSR count). The Morgan fingerprint density at radius 1 is 1.03 bits per heavy atom. The number of carbonyl (C=O) groups excluding carboxylic acids is 1. The Hall–Kier alpha value is -2.74. The third-order valence-electron chi connectivity index (χ3n) is 5.98. The van der Waals surface area contributed by atoms with Gasteiger partial charge >= 0.3 is 0 Å². The minimum Gasteiger partial charge on any atom is -0.369 e. The highest BCUT2D eigenvalue weighted by Gasteiger charge is 2.18. The van der Waals surface area contributed by atoms with Crippen molar-refractivity contribution in [2.75, 3.05) is 42.9 Å². The smallest absolute Gasteiger partial charge is 0.265 e. The molecule has 4 aromatic rings. The van der Waals surface area contributed by atoms with E-state index in [-0.39, 0.29) is 5.91 Å². The number of aromatic nitrogens is 1. The summed E-state index contributed by atoms with van der Waals surface area (Å²) in [6.45, 7) is 9.68. The predicted octanol–water partition coefficient (Wildman–Crippen LogP) is 5.73. The second kappa shape index (κ2) is 9.02. The standard InChI is InChI=1S/C25H26N4OS2/c1-3-28-12-14-29(15-13-28)18-8-9-19(17(2)16-18)26-24(30)22-10-11-23(31-22)25-27-20-6-4-5-7-21(20)32-25/h4-11,16H,3,12-15H2,1-2H3,(H,26,30). The lowest BCUT2D eigenvalue weighted by molar-refractivity contribution is 0.103. The van der Waals surface area contributed by atoms with Gasteiger partial charge < -0.3 is 15.1 Å². The number of likely N-dealkylation sites (N-methyl/N-ethyl adjacent to an activating group) is 1. The van der Waals surface area contributed by atoms with Gasteiger partial charge in [-0.2, -0.15) is 0 Å². The van der Waals surface area contributed by atoms with Crippen molar-refractivity contribution < 1.29 is 4.79 Å². The number of nitrogens with one attached hydrogen (secondary N) is 1. The molecule has 5 nitrogen and oxygen atoms in total. The zero-order chi connectivity index (χ0) is 22.1. The van der Waals surface area contributed by atoms with Crippen LogP contribution in [-0.4, -0.2) is 48.5 Å². The van der Waals surface area contributed by atoms with Gasteiger partial charge in [-0.15, -0.1) is 22.7 Å². The molecular formula is C25H26N4OS2. The molecule has 0 aliphatic carbocycles. The molecule has 1 aliphatic rings. The number of nitrogens with zero attached hydrogens (tertiary/aromatic N) is 3. The summed E-state index contributed by atoms with van der Waals surface area (Å²) in [6.07, 6.45) is 0. The molecule has 1 amide bonds. The van der Waals surface area contributed by atoms with E-state index in [1.807, 2.05) is 36.4 Å². The molecule has 7 heteroatoms. The number of para-hydroxylation sites is 1. The van der Waals surface area contributed by atoms with Gasteiger partial charge in [0.15, 0.2) is 0 Å². The van der Waals surface area contributed by atoms with Gasteiger partial charge in [-0.25, -0.2) is 4.98 Å². The van der Waals surface area contributed by atoms with Crippen LogP contribution in [0.3, 0.4) is 0 Å². The van der Waals surface area contributed by atoms with Crippen LogP contribution >= 0.6 is 22.7 Å². The fourth-order valence-electron chi connectivity index (χ4n) is 4.04. The van der Waals surface area contributed by atoms with Crippen molar-refractivity contribution in [2.45, 2.75) is 13.8 Å². The topological polar surface area (TPSA) is 48.5 Å². The van der Waals surface area contributed by atoms with E-state index in [9.17, 15) is 4.79 Å². The van der Waals surface area contributed by atoms with E-state index >= 15 is 0 Å². The summed E-state index contributed by atoms with van der Waals surface area (Å²) in [6, 6.07) is 18.3. The Bertz CT molecular complexity index is 1220. The first-order chi connectivity index (χ1) is 15.6. The van der Waals surface area contributed by atoms with Gasteiger partial charge in [0.05, 0.1) is 20.0 Å². The quantitative estimate of drug-likeness (QED) is 0.412. The highest BCUT2D eigenvalue weighted by Crippen LogP contribution is 2.35. The van der Waals surface area contributed by atoms with Crippen LogP contribution in [0.25, 0.3) is 20.1 Å². The first kappa shape index (κ1) is 21.1. The minimum absolute atomic E-state index is 0.0743. The lowest BCUT2D eigenvalue weighted by atomic mass is 10.1. The highest BCUT2D eigenvalue weighted by atomic mass is 32.1. The first-order valence-electron chi connectivity index (χ1n) is 11.0. The van der Waals surface area contributed by atoms with Crippen LogP contribution < -0.4 is 10.2 Å². The third-order valence-corrected chi connectivity index (χ3v) is 8.27. The number of thiazole rings is 1. The number of anilines is 2. The number of piperazine rings is 1. The molecule has 1 aliphatic heterocycles. The summed E-state index contributed by atoms with van der Waals surface area (Å²) in [4.78, 5) is 24.2. The van der Waals surface area contributed by atoms with Crippen LogP contribution in [0.15, 0.2) is 54.6 Å². The molecule has 0 unspecified atom stereocenters. The van der Waals surface area contributed by atoms with E-state index in [0.717, 1.165) is 64.1 Å². The molecule has 1 saturated heterocycles. The largest absolute Gasteiger partial charge is 0.369 e. The average Bonchev–Trinajstić information content (AvgIpc) is 3.48. The Balaban J connectivity index is 1.28. The summed E-state index contributed by atoms with van der Waals surface area (Å²) in [5.74, 6) is -0.0743. The van der Waals surface area contributed by atoms with Gasteiger partial charge in [-0.05, 0) is 61.5 Å². The van der Waals surface area contributed by atoms with Crippen LogP contribution in [0.2, 0.25) is 0 Å². The van der Waals surface area contributed by atoms with Gasteiger partial charge in [0.2, 0.25) is 0 Å². The van der Waals surface area contributed by atoms with Crippen molar-refractivity contribution in [1.29, 1.82) is 0 Å². The Morgan fingerprint density at radius 2 is 1.84 bits per heavy atom. The number of fused-ring (bicyclic) bond motifs is 1. The van der Waals surface area contributed by atoms with Crippen molar-refractivity contribution in [2.24, 2.45) is 0 Å². The molecule has 3 heterocycles. The monoisotopic (exact) mass is 462 g/mol. The normalized spacial score (nSPS) is 14.8. The predicted molar refractivity (Wildman–Crippen MR) is 136 cm³/mol. The van der Waals surface area contributed by atoms with Crippen LogP contribution in [-0.2, 0) is 0 Å². The fourth-order valence-corrected chi connectivity index (χ4v) is 5.97. The number of aryl methyl sites for hydroxylation is 1. The van der Waals surface area contributed by atoms with E-state index in [1.165, 1.54) is 17.0 Å². The number of carbonyl (C=O) groups is 1. The molecule has 164 valence electrons. The molecule has 0 saturated carbocycles. The van der Waals surface area contributed by atoms with E-state index in [1.54, 1.807) is 11.3 Å². The van der Waals surface area contributed by atoms with Crippen LogP contribution in [0.1, 0.15) is 22.2 Å². The van der Waals surface area contributed by atoms with Gasteiger partial charge in [0.1, 0.15) is 5.01 Å². The Morgan fingerprint density at radius 3 is 2.59 bits per heavy atom. The summed E-state index contributed by atoms with van der Waals surface area (Å²) in [5.41, 5.74) is 4.17. The SMILES string of the molecule is CCN1CCN(c2ccc(NC(=O)c3ccc(-c4nc5ccccc5s4)s3)c(C)c2)CC1. The lowest BCUT2D eigenvalue weighted by Gasteiger charge is -2.35. The lowest BCUT2D eigenvalue weighted by Crippen LogP contribution is -2.46. The van der Waals surface area contributed by atoms with Gasteiger partial charge in [0.25, 0.3) is 5.91 Å². The zero-order valence-electron chi connectivity index (χ0n) is 18.3. The summed E-state index contributed by atoms with van der Waals surface area (Å²) < 4.78 is 1.16. The van der Waals surface area contributed by atoms with Crippen LogP contribution in [0, 0.1) is 6.92 Å². The maximum Gasteiger partial charge on any atom is 0.265 e. The zero-order valence-corrected chi connectivity index (χ0v) is 19.9. The van der Waals surface area contributed by atoms with Crippen molar-refractivity contribution in [3.05, 3.63) is 65.0 Å². The van der Waals surface area contributed by atoms with E-state index in [4.69, 9.17) is 4.98 Å². The average molecular weight is 463 g/mol. The molecule has 32 heavy (non-hydrogen) atoms. The molecule has 0 atom stereocenters. The van der Waals surface area contributed by atoms with Crippen molar-refractivity contribution in [1.82, 2.24) is 9.88 Å². The molecule has 0 bridgehead atoms. The second-order valence-electron chi connectivity index (χ2n) is 8.03. The van der Waals surface area contributed by atoms with Gasteiger partial charge in [-0.3, -0.25) is 4.79 Å². The fraction of sp³-hybridized carbons (Fsp3) is 0.280. The maximum atomic E-state index is 12.9. The second-order valence-corrected chi connectivity index (χ2v) is 10.1. The highest BCUT2D eigenvalue weighted by molar-refractivity contribution is 7.26. The number of hydrogen-bond acceptors (Lipinski definition) is 6. The van der Waals surface area contributed by atoms with Crippen molar-refractivity contribution in [3.8, 4) is 9.88 Å². The number of thiophene rings is 1. The van der Waals surface area contributed by atoms with Crippen molar-refractivity contribution >= 4 is 50.2 Å². The number of hydrogen-bond donors (Lipinski definition) is 1. The van der Waals surface area contributed by atoms with Gasteiger partial charge in [-0.1, -0.05) is 19.1 Å². The number of amides is 1. The molecule has 2 aromatic carbocycles. The first-order valence-corrected chi connectivity index (χ1v) is 12.6. The van der Waals surface area contributed by atoms with Crippen LogP contribution in [0.5, 0.6) is 0 Å².